The van der Waals surface area contributed by atoms with Crippen LogP contribution in [0.2, 0.25) is 0 Å². The lowest BCUT2D eigenvalue weighted by atomic mass is 9.90. The molecule has 1 heterocycles. The molecule has 1 saturated carbocycles. The third-order valence-electron chi connectivity index (χ3n) is 3.50. The van der Waals surface area contributed by atoms with Crippen molar-refractivity contribution in [1.82, 2.24) is 5.32 Å². The highest BCUT2D eigenvalue weighted by Crippen LogP contribution is 2.41. The average Bonchev–Trinajstić information content (AvgIpc) is 2.82. The summed E-state index contributed by atoms with van der Waals surface area (Å²) in [4.78, 5) is 0. The van der Waals surface area contributed by atoms with Crippen molar-refractivity contribution in [2.24, 2.45) is 11.8 Å². The molecule has 0 spiro atoms. The van der Waals surface area contributed by atoms with Crippen molar-refractivity contribution in [2.45, 2.75) is 38.1 Å². The Kier molecular flexibility index (Phi) is 3.23. The third kappa shape index (κ3) is 2.44. The van der Waals surface area contributed by atoms with Gasteiger partial charge in [0.15, 0.2) is 0 Å². The molecule has 1 N–H and O–H groups in total. The van der Waals surface area contributed by atoms with E-state index in [4.69, 9.17) is 4.74 Å². The summed E-state index contributed by atoms with van der Waals surface area (Å²) in [5.41, 5.74) is 0. The van der Waals surface area contributed by atoms with Crippen LogP contribution in [0.15, 0.2) is 0 Å². The van der Waals surface area contributed by atoms with Crippen molar-refractivity contribution in [1.29, 1.82) is 0 Å². The van der Waals surface area contributed by atoms with Gasteiger partial charge in [0.1, 0.15) is 0 Å². The van der Waals surface area contributed by atoms with E-state index < -0.39 is 0 Å². The number of ether oxygens (including phenoxy) is 1. The van der Waals surface area contributed by atoms with Gasteiger partial charge in [0.2, 0.25) is 0 Å². The van der Waals surface area contributed by atoms with Crippen LogP contribution in [0.25, 0.3) is 0 Å². The first-order chi connectivity index (χ1) is 6.42. The summed E-state index contributed by atoms with van der Waals surface area (Å²) in [6.45, 7) is 2.18. The van der Waals surface area contributed by atoms with Gasteiger partial charge in [0, 0.05) is 19.8 Å². The van der Waals surface area contributed by atoms with E-state index in [1.807, 2.05) is 7.11 Å². The van der Waals surface area contributed by atoms with E-state index in [1.54, 1.807) is 0 Å². The second kappa shape index (κ2) is 4.43. The predicted molar refractivity (Wildman–Crippen MR) is 53.7 cm³/mol. The summed E-state index contributed by atoms with van der Waals surface area (Å²) in [5, 5.41) is 3.63. The van der Waals surface area contributed by atoms with Crippen molar-refractivity contribution >= 4 is 0 Å². The molecule has 2 nitrogen and oxygen atoms in total. The monoisotopic (exact) mass is 183 g/mol. The fourth-order valence-electron chi connectivity index (χ4n) is 2.62. The van der Waals surface area contributed by atoms with Gasteiger partial charge in [-0.15, -0.1) is 0 Å². The van der Waals surface area contributed by atoms with Crippen LogP contribution in [-0.2, 0) is 4.74 Å². The van der Waals surface area contributed by atoms with Gasteiger partial charge < -0.3 is 10.1 Å². The maximum atomic E-state index is 5.18. The molecule has 0 aromatic heterocycles. The highest BCUT2D eigenvalue weighted by molar-refractivity contribution is 4.91. The fraction of sp³-hybridized carbons (Fsp3) is 1.00. The summed E-state index contributed by atoms with van der Waals surface area (Å²) in [7, 11) is 1.81. The first-order valence-corrected chi connectivity index (χ1v) is 5.64. The second-order valence-electron chi connectivity index (χ2n) is 4.49. The van der Waals surface area contributed by atoms with Gasteiger partial charge in [-0.25, -0.2) is 0 Å². The molecule has 1 aliphatic heterocycles. The van der Waals surface area contributed by atoms with Gasteiger partial charge in [0.05, 0.1) is 0 Å². The molecule has 0 amide bonds. The minimum Gasteiger partial charge on any atom is -0.385 e. The summed E-state index contributed by atoms with van der Waals surface area (Å²) in [6.07, 6.45) is 6.96. The summed E-state index contributed by atoms with van der Waals surface area (Å²) >= 11 is 0. The molecule has 13 heavy (non-hydrogen) atoms. The summed E-state index contributed by atoms with van der Waals surface area (Å²) in [6, 6.07) is 0.808. The number of methoxy groups -OCH3 is 1. The Hall–Kier alpha value is -0.0800. The largest absolute Gasteiger partial charge is 0.385 e. The van der Waals surface area contributed by atoms with Gasteiger partial charge in [0.25, 0.3) is 0 Å². The zero-order valence-electron chi connectivity index (χ0n) is 8.59. The first-order valence-electron chi connectivity index (χ1n) is 5.64. The van der Waals surface area contributed by atoms with Crippen molar-refractivity contribution in [2.75, 3.05) is 20.3 Å². The van der Waals surface area contributed by atoms with Crippen LogP contribution in [-0.4, -0.2) is 26.3 Å². The Balaban J connectivity index is 1.80. The topological polar surface area (TPSA) is 21.3 Å². The highest BCUT2D eigenvalue weighted by Gasteiger charge is 2.36. The standard InChI is InChI=1S/C11H21NO/c1-13-8-6-10(9-4-5-9)11-3-2-7-12-11/h9-12H,2-8H2,1H3. The lowest BCUT2D eigenvalue weighted by Gasteiger charge is -2.23. The van der Waals surface area contributed by atoms with Crippen LogP contribution in [0.1, 0.15) is 32.1 Å². The Bertz CT molecular complexity index is 150. The van der Waals surface area contributed by atoms with Crippen LogP contribution in [0, 0.1) is 11.8 Å². The quantitative estimate of drug-likeness (QED) is 0.702. The van der Waals surface area contributed by atoms with E-state index in [-0.39, 0.29) is 0 Å². The van der Waals surface area contributed by atoms with Crippen molar-refractivity contribution in [3.05, 3.63) is 0 Å². The lowest BCUT2D eigenvalue weighted by Crippen LogP contribution is -2.32. The number of rotatable bonds is 5. The molecule has 2 atom stereocenters. The molecular weight excluding hydrogens is 162 g/mol. The Morgan fingerprint density at radius 1 is 1.38 bits per heavy atom. The summed E-state index contributed by atoms with van der Waals surface area (Å²) in [5.74, 6) is 1.92. The molecule has 0 radical (unpaired) electrons. The molecule has 2 heteroatoms. The molecule has 2 aliphatic rings. The number of hydrogen-bond donors (Lipinski definition) is 1. The van der Waals surface area contributed by atoms with Crippen molar-refractivity contribution in [3.63, 3.8) is 0 Å². The minimum atomic E-state index is 0.808. The summed E-state index contributed by atoms with van der Waals surface area (Å²) < 4.78 is 5.18. The number of hydrogen-bond acceptors (Lipinski definition) is 2. The smallest absolute Gasteiger partial charge is 0.0465 e. The van der Waals surface area contributed by atoms with E-state index in [0.29, 0.717) is 0 Å². The van der Waals surface area contributed by atoms with Gasteiger partial charge >= 0.3 is 0 Å². The molecule has 2 rings (SSSR count). The van der Waals surface area contributed by atoms with E-state index >= 15 is 0 Å². The Morgan fingerprint density at radius 2 is 2.23 bits per heavy atom. The third-order valence-corrected chi connectivity index (χ3v) is 3.50. The fourth-order valence-corrected chi connectivity index (χ4v) is 2.62. The highest BCUT2D eigenvalue weighted by atomic mass is 16.5. The molecule has 1 aliphatic carbocycles. The zero-order chi connectivity index (χ0) is 9.10. The normalized spacial score (nSPS) is 30.7. The minimum absolute atomic E-state index is 0.808. The molecular formula is C11H21NO. The zero-order valence-corrected chi connectivity index (χ0v) is 8.59. The average molecular weight is 183 g/mol. The van der Waals surface area contributed by atoms with Crippen LogP contribution in [0.3, 0.4) is 0 Å². The molecule has 0 aromatic carbocycles. The Labute approximate surface area is 81.0 Å². The van der Waals surface area contributed by atoms with E-state index in [9.17, 15) is 0 Å². The van der Waals surface area contributed by atoms with Gasteiger partial charge in [-0.2, -0.15) is 0 Å². The molecule has 76 valence electrons. The van der Waals surface area contributed by atoms with Crippen LogP contribution in [0.4, 0.5) is 0 Å². The van der Waals surface area contributed by atoms with Crippen molar-refractivity contribution < 1.29 is 4.74 Å². The van der Waals surface area contributed by atoms with Gasteiger partial charge in [-0.05, 0) is 50.5 Å². The predicted octanol–water partition coefficient (Wildman–Crippen LogP) is 1.80. The van der Waals surface area contributed by atoms with E-state index in [2.05, 4.69) is 5.32 Å². The molecule has 2 fully saturated rings. The molecule has 0 bridgehead atoms. The van der Waals surface area contributed by atoms with E-state index in [0.717, 1.165) is 24.5 Å². The second-order valence-corrected chi connectivity index (χ2v) is 4.49. The van der Waals surface area contributed by atoms with Crippen molar-refractivity contribution in [3.8, 4) is 0 Å². The Morgan fingerprint density at radius 3 is 2.77 bits per heavy atom. The molecule has 0 aromatic rings. The van der Waals surface area contributed by atoms with Gasteiger partial charge in [-0.1, -0.05) is 0 Å². The molecule has 2 unspecified atom stereocenters. The molecule has 1 saturated heterocycles. The van der Waals surface area contributed by atoms with Gasteiger partial charge in [-0.3, -0.25) is 0 Å². The van der Waals surface area contributed by atoms with Crippen LogP contribution < -0.4 is 5.32 Å². The maximum absolute atomic E-state index is 5.18. The maximum Gasteiger partial charge on any atom is 0.0465 e. The SMILES string of the molecule is COCCC(C1CC1)C1CCCN1. The van der Waals surface area contributed by atoms with Crippen LogP contribution >= 0.6 is 0 Å². The lowest BCUT2D eigenvalue weighted by molar-refractivity contribution is 0.161. The van der Waals surface area contributed by atoms with E-state index in [1.165, 1.54) is 38.6 Å². The van der Waals surface area contributed by atoms with Crippen LogP contribution in [0.5, 0.6) is 0 Å². The number of nitrogens with one attached hydrogen (secondary N) is 1. The first kappa shape index (κ1) is 9.47.